The van der Waals surface area contributed by atoms with Crippen LogP contribution < -0.4 is 11.1 Å². The van der Waals surface area contributed by atoms with E-state index in [0.717, 1.165) is 28.3 Å². The number of hydrogen-bond acceptors (Lipinski definition) is 6. The van der Waals surface area contributed by atoms with Gasteiger partial charge in [0, 0.05) is 0 Å². The molecule has 2 aromatic heterocycles. The van der Waals surface area contributed by atoms with E-state index in [1.165, 1.54) is 0 Å². The van der Waals surface area contributed by atoms with Crippen LogP contribution in [0.2, 0.25) is 5.02 Å². The molecule has 0 aliphatic carbocycles. The first-order chi connectivity index (χ1) is 9.15. The molecule has 96 valence electrons. The highest BCUT2D eigenvalue weighted by atomic mass is 35.5. The molecule has 3 aromatic rings. The zero-order valence-corrected chi connectivity index (χ0v) is 11.6. The molecule has 3 rings (SSSR count). The van der Waals surface area contributed by atoms with Crippen molar-refractivity contribution in [1.82, 2.24) is 13.7 Å². The number of nitrogens with one attached hydrogen (secondary N) is 1. The van der Waals surface area contributed by atoms with Gasteiger partial charge in [-0.3, -0.25) is 0 Å². The maximum atomic E-state index is 6.22. The van der Waals surface area contributed by atoms with Gasteiger partial charge in [-0.2, -0.15) is 8.75 Å². The lowest BCUT2D eigenvalue weighted by atomic mass is 10.2. The number of pyridine rings is 1. The van der Waals surface area contributed by atoms with Gasteiger partial charge in [0.1, 0.15) is 16.9 Å². The van der Waals surface area contributed by atoms with Crippen LogP contribution in [-0.2, 0) is 0 Å². The van der Waals surface area contributed by atoms with Crippen LogP contribution in [0.15, 0.2) is 24.4 Å². The fourth-order valence-electron chi connectivity index (χ4n) is 1.79. The SMILES string of the molecule is Cc1cc(N)cnc1Nc1c(Cl)ccc2nsnc12. The molecule has 0 aliphatic heterocycles. The molecular formula is C12H10ClN5S. The molecule has 0 aliphatic rings. The van der Waals surface area contributed by atoms with Crippen molar-refractivity contribution in [1.29, 1.82) is 0 Å². The lowest BCUT2D eigenvalue weighted by Gasteiger charge is -2.10. The summed E-state index contributed by atoms with van der Waals surface area (Å²) in [6.07, 6.45) is 1.60. The van der Waals surface area contributed by atoms with Crippen molar-refractivity contribution in [3.05, 3.63) is 35.0 Å². The molecule has 0 bridgehead atoms. The number of benzene rings is 1. The zero-order valence-electron chi connectivity index (χ0n) is 10.0. The molecule has 0 atom stereocenters. The molecule has 0 radical (unpaired) electrons. The number of hydrogen-bond donors (Lipinski definition) is 2. The Morgan fingerprint density at radius 3 is 2.95 bits per heavy atom. The molecule has 0 saturated heterocycles. The predicted octanol–water partition coefficient (Wildman–Crippen LogP) is 3.37. The normalized spacial score (nSPS) is 10.8. The van der Waals surface area contributed by atoms with Crippen LogP contribution in [0.4, 0.5) is 17.2 Å². The van der Waals surface area contributed by atoms with Crippen LogP contribution in [0.3, 0.4) is 0 Å². The smallest absolute Gasteiger partial charge is 0.133 e. The third kappa shape index (κ3) is 2.20. The first-order valence-corrected chi connectivity index (χ1v) is 6.66. The van der Waals surface area contributed by atoms with E-state index in [1.807, 2.05) is 19.1 Å². The third-order valence-corrected chi connectivity index (χ3v) is 3.58. The van der Waals surface area contributed by atoms with Gasteiger partial charge in [0.2, 0.25) is 0 Å². The minimum absolute atomic E-state index is 0.582. The predicted molar refractivity (Wildman–Crippen MR) is 79.1 cm³/mol. The van der Waals surface area contributed by atoms with Gasteiger partial charge in [0.25, 0.3) is 0 Å². The molecule has 3 N–H and O–H groups in total. The van der Waals surface area contributed by atoms with Gasteiger partial charge in [0.05, 0.1) is 34.3 Å². The van der Waals surface area contributed by atoms with Gasteiger partial charge >= 0.3 is 0 Å². The lowest BCUT2D eigenvalue weighted by Crippen LogP contribution is -1.99. The average molecular weight is 292 g/mol. The topological polar surface area (TPSA) is 76.7 Å². The van der Waals surface area contributed by atoms with Crippen molar-refractivity contribution in [2.45, 2.75) is 6.92 Å². The van der Waals surface area contributed by atoms with Gasteiger partial charge in [-0.25, -0.2) is 4.98 Å². The third-order valence-electron chi connectivity index (χ3n) is 2.72. The van der Waals surface area contributed by atoms with Gasteiger partial charge in [-0.15, -0.1) is 0 Å². The van der Waals surface area contributed by atoms with E-state index in [0.29, 0.717) is 22.2 Å². The Morgan fingerprint density at radius 2 is 2.16 bits per heavy atom. The number of anilines is 3. The highest BCUT2D eigenvalue weighted by Gasteiger charge is 2.11. The summed E-state index contributed by atoms with van der Waals surface area (Å²) >= 11 is 7.37. The van der Waals surface area contributed by atoms with Crippen LogP contribution in [0.1, 0.15) is 5.56 Å². The van der Waals surface area contributed by atoms with E-state index in [-0.39, 0.29) is 0 Å². The van der Waals surface area contributed by atoms with E-state index in [1.54, 1.807) is 12.3 Å². The van der Waals surface area contributed by atoms with Gasteiger partial charge < -0.3 is 11.1 Å². The summed E-state index contributed by atoms with van der Waals surface area (Å²) in [7, 11) is 0. The number of nitrogen functional groups attached to an aromatic ring is 1. The second kappa shape index (κ2) is 4.64. The van der Waals surface area contributed by atoms with Crippen molar-refractivity contribution in [3.8, 4) is 0 Å². The first kappa shape index (κ1) is 12.1. The second-order valence-electron chi connectivity index (χ2n) is 4.11. The van der Waals surface area contributed by atoms with Crippen molar-refractivity contribution in [2.24, 2.45) is 0 Å². The molecule has 1 aromatic carbocycles. The highest BCUT2D eigenvalue weighted by molar-refractivity contribution is 7.00. The number of halogens is 1. The molecule has 0 amide bonds. The number of rotatable bonds is 2. The van der Waals surface area contributed by atoms with E-state index < -0.39 is 0 Å². The Morgan fingerprint density at radius 1 is 1.32 bits per heavy atom. The minimum atomic E-state index is 0.582. The quantitative estimate of drug-likeness (QED) is 0.757. The maximum absolute atomic E-state index is 6.22. The van der Waals surface area contributed by atoms with Crippen LogP contribution in [0.5, 0.6) is 0 Å². The summed E-state index contributed by atoms with van der Waals surface area (Å²) in [6.45, 7) is 1.93. The molecule has 5 nitrogen and oxygen atoms in total. The van der Waals surface area contributed by atoms with Crippen molar-refractivity contribution < 1.29 is 0 Å². The summed E-state index contributed by atoms with van der Waals surface area (Å²) in [6, 6.07) is 5.48. The summed E-state index contributed by atoms with van der Waals surface area (Å²) in [5.41, 5.74) is 9.53. The average Bonchev–Trinajstić information content (AvgIpc) is 2.84. The fourth-order valence-corrected chi connectivity index (χ4v) is 2.53. The first-order valence-electron chi connectivity index (χ1n) is 5.55. The van der Waals surface area contributed by atoms with E-state index in [2.05, 4.69) is 19.0 Å². The largest absolute Gasteiger partial charge is 0.397 e. The van der Waals surface area contributed by atoms with E-state index in [4.69, 9.17) is 17.3 Å². The lowest BCUT2D eigenvalue weighted by molar-refractivity contribution is 1.26. The van der Waals surface area contributed by atoms with Gasteiger partial charge in [-0.1, -0.05) is 11.6 Å². The summed E-state index contributed by atoms with van der Waals surface area (Å²) < 4.78 is 8.44. The zero-order chi connectivity index (χ0) is 13.4. The molecule has 0 spiro atoms. The number of fused-ring (bicyclic) bond motifs is 1. The van der Waals surface area contributed by atoms with E-state index >= 15 is 0 Å². The Labute approximate surface area is 118 Å². The molecule has 7 heteroatoms. The molecule has 19 heavy (non-hydrogen) atoms. The standard InChI is InChI=1S/C12H10ClN5S/c1-6-4-7(14)5-15-12(6)16-10-8(13)2-3-9-11(10)18-19-17-9/h2-5H,14H2,1H3,(H,15,16). The fraction of sp³-hybridized carbons (Fsp3) is 0.0833. The Balaban J connectivity index is 2.10. The molecule has 0 saturated carbocycles. The number of nitrogens with two attached hydrogens (primary N) is 1. The van der Waals surface area contributed by atoms with Crippen LogP contribution in [0, 0.1) is 6.92 Å². The van der Waals surface area contributed by atoms with Crippen molar-refractivity contribution in [3.63, 3.8) is 0 Å². The van der Waals surface area contributed by atoms with Crippen LogP contribution in [-0.4, -0.2) is 13.7 Å². The highest BCUT2D eigenvalue weighted by Crippen LogP contribution is 2.32. The Kier molecular flexibility index (Phi) is 2.96. The summed E-state index contributed by atoms with van der Waals surface area (Å²) in [4.78, 5) is 4.27. The monoisotopic (exact) mass is 291 g/mol. The maximum Gasteiger partial charge on any atom is 0.133 e. The molecule has 2 heterocycles. The van der Waals surface area contributed by atoms with Crippen LogP contribution >= 0.6 is 23.3 Å². The summed E-state index contributed by atoms with van der Waals surface area (Å²) in [5.74, 6) is 0.705. The molecule has 0 fully saturated rings. The summed E-state index contributed by atoms with van der Waals surface area (Å²) in [5, 5.41) is 3.78. The Hall–Kier alpha value is -1.92. The van der Waals surface area contributed by atoms with E-state index in [9.17, 15) is 0 Å². The number of aromatic nitrogens is 3. The molecule has 0 unspecified atom stereocenters. The minimum Gasteiger partial charge on any atom is -0.397 e. The van der Waals surface area contributed by atoms with Gasteiger partial charge in [-0.05, 0) is 30.7 Å². The van der Waals surface area contributed by atoms with Gasteiger partial charge in [0.15, 0.2) is 0 Å². The second-order valence-corrected chi connectivity index (χ2v) is 5.05. The Bertz CT molecular complexity index is 755. The van der Waals surface area contributed by atoms with Crippen molar-refractivity contribution in [2.75, 3.05) is 11.1 Å². The molecular weight excluding hydrogens is 282 g/mol. The van der Waals surface area contributed by atoms with Crippen molar-refractivity contribution >= 4 is 51.6 Å². The van der Waals surface area contributed by atoms with Crippen LogP contribution in [0.25, 0.3) is 11.0 Å². The number of aryl methyl sites for hydroxylation is 1. The number of nitrogens with zero attached hydrogens (tertiary/aromatic N) is 3.